The fraction of sp³-hybridized carbons (Fsp3) is 0.921. The highest BCUT2D eigenvalue weighted by Gasteiger charge is 2.18. The van der Waals surface area contributed by atoms with Crippen LogP contribution in [0.15, 0.2) is 24.3 Å². The standard InChI is InChI=1S/C76H147NO5/c1-3-5-7-9-11-13-15-17-18-19-20-21-22-26-29-32-35-38-41-45-48-52-56-60-64-68-74(79)73(72-78)77-75(80)69-65-61-57-53-49-46-42-39-36-33-30-27-24-23-25-28-31-34-37-40-43-47-51-55-59-63-67-71-82-76(81)70-66-62-58-54-50-44-16-14-12-10-8-6-4-2/h14,16,64,68,73-74,78-79H,3-13,15,17-63,65-67,69-72H2,1-2H3,(H,77,80)/b16-14-,68-64+. The van der Waals surface area contributed by atoms with E-state index in [0.29, 0.717) is 19.4 Å². The summed E-state index contributed by atoms with van der Waals surface area (Å²) < 4.78 is 5.48. The number of ether oxygens (including phenoxy) is 1. The van der Waals surface area contributed by atoms with Gasteiger partial charge in [-0.25, -0.2) is 0 Å². The predicted octanol–water partition coefficient (Wildman–Crippen LogP) is 24.5. The van der Waals surface area contributed by atoms with E-state index in [1.165, 1.54) is 353 Å². The van der Waals surface area contributed by atoms with Gasteiger partial charge >= 0.3 is 5.97 Å². The normalized spacial score (nSPS) is 12.6. The minimum atomic E-state index is -0.844. The van der Waals surface area contributed by atoms with Crippen molar-refractivity contribution >= 4 is 11.9 Å². The maximum absolute atomic E-state index is 12.5. The fourth-order valence-electron chi connectivity index (χ4n) is 12.0. The highest BCUT2D eigenvalue weighted by atomic mass is 16.5. The first-order valence-electron chi connectivity index (χ1n) is 37.6. The number of carbonyl (C=O) groups is 2. The van der Waals surface area contributed by atoms with Crippen molar-refractivity contribution in [2.75, 3.05) is 13.2 Å². The van der Waals surface area contributed by atoms with Gasteiger partial charge in [0.15, 0.2) is 0 Å². The van der Waals surface area contributed by atoms with Gasteiger partial charge in [0.05, 0.1) is 25.4 Å². The van der Waals surface area contributed by atoms with Crippen molar-refractivity contribution in [3.05, 3.63) is 24.3 Å². The number of esters is 1. The van der Waals surface area contributed by atoms with Crippen LogP contribution in [0.2, 0.25) is 0 Å². The Labute approximate surface area is 513 Å². The van der Waals surface area contributed by atoms with Crippen LogP contribution in [0.4, 0.5) is 0 Å². The molecule has 0 aliphatic carbocycles. The zero-order chi connectivity index (χ0) is 59.2. The van der Waals surface area contributed by atoms with Gasteiger partial charge in [0, 0.05) is 12.8 Å². The van der Waals surface area contributed by atoms with Crippen molar-refractivity contribution in [2.24, 2.45) is 0 Å². The van der Waals surface area contributed by atoms with E-state index in [1.54, 1.807) is 6.08 Å². The van der Waals surface area contributed by atoms with E-state index in [2.05, 4.69) is 31.3 Å². The van der Waals surface area contributed by atoms with Crippen LogP contribution in [0.25, 0.3) is 0 Å². The summed E-state index contributed by atoms with van der Waals surface area (Å²) in [6.45, 7) is 4.93. The molecule has 1 amide bonds. The van der Waals surface area contributed by atoms with Gasteiger partial charge in [-0.3, -0.25) is 9.59 Å². The molecule has 0 spiro atoms. The molecule has 0 aliphatic heterocycles. The minimum absolute atomic E-state index is 0.00929. The molecule has 3 N–H and O–H groups in total. The second-order valence-corrected chi connectivity index (χ2v) is 26.0. The van der Waals surface area contributed by atoms with Crippen molar-refractivity contribution in [1.82, 2.24) is 5.32 Å². The quantitative estimate of drug-likeness (QED) is 0.0320. The number of rotatable bonds is 71. The van der Waals surface area contributed by atoms with Crippen molar-refractivity contribution in [3.63, 3.8) is 0 Å². The predicted molar refractivity (Wildman–Crippen MR) is 361 cm³/mol. The lowest BCUT2D eigenvalue weighted by atomic mass is 10.0. The number of nitrogens with one attached hydrogen (secondary N) is 1. The summed E-state index contributed by atoms with van der Waals surface area (Å²) in [5, 5.41) is 23.3. The van der Waals surface area contributed by atoms with Crippen molar-refractivity contribution in [1.29, 1.82) is 0 Å². The Morgan fingerprint density at radius 1 is 0.329 bits per heavy atom. The Kier molecular flexibility index (Phi) is 70.4. The van der Waals surface area contributed by atoms with E-state index in [9.17, 15) is 19.8 Å². The molecule has 0 radical (unpaired) electrons. The largest absolute Gasteiger partial charge is 0.466 e. The van der Waals surface area contributed by atoms with E-state index >= 15 is 0 Å². The number of hydrogen-bond acceptors (Lipinski definition) is 5. The molecular weight excluding hydrogens is 1010 g/mol. The molecule has 0 aromatic rings. The molecule has 486 valence electrons. The summed E-state index contributed by atoms with van der Waals surface area (Å²) in [5.74, 6) is -0.0509. The number of aliphatic hydroxyl groups is 2. The summed E-state index contributed by atoms with van der Waals surface area (Å²) >= 11 is 0. The van der Waals surface area contributed by atoms with Crippen molar-refractivity contribution < 1.29 is 24.5 Å². The minimum Gasteiger partial charge on any atom is -0.466 e. The van der Waals surface area contributed by atoms with Crippen LogP contribution < -0.4 is 5.32 Å². The Bertz CT molecular complexity index is 1280. The lowest BCUT2D eigenvalue weighted by Gasteiger charge is -2.20. The molecule has 0 saturated heterocycles. The van der Waals surface area contributed by atoms with Crippen LogP contribution in [0, 0.1) is 0 Å². The maximum atomic E-state index is 12.5. The van der Waals surface area contributed by atoms with Crippen LogP contribution in [0.5, 0.6) is 0 Å². The SMILES string of the molecule is CCCCCC/C=C\CCCCCCCC(=O)OCCCCCCCCCCCCCCCCCCCCCCCCCCCCCC(=O)NC(CO)C(O)/C=C/CCCCCCCCCCCCCCCCCCCCCCCCC. The van der Waals surface area contributed by atoms with E-state index < -0.39 is 12.1 Å². The van der Waals surface area contributed by atoms with E-state index in [4.69, 9.17) is 4.74 Å². The molecule has 0 fully saturated rings. The zero-order valence-corrected chi connectivity index (χ0v) is 55.8. The molecule has 0 aromatic heterocycles. The number of allylic oxidation sites excluding steroid dienone is 3. The van der Waals surface area contributed by atoms with Gasteiger partial charge in [-0.15, -0.1) is 0 Å². The fourth-order valence-corrected chi connectivity index (χ4v) is 12.0. The number of carbonyl (C=O) groups excluding carboxylic acids is 2. The molecule has 82 heavy (non-hydrogen) atoms. The van der Waals surface area contributed by atoms with Crippen molar-refractivity contribution in [2.45, 2.75) is 437 Å². The van der Waals surface area contributed by atoms with Gasteiger partial charge in [-0.2, -0.15) is 0 Å². The molecule has 0 aliphatic rings. The number of unbranched alkanes of at least 4 members (excludes halogenated alkanes) is 58. The van der Waals surface area contributed by atoms with Gasteiger partial charge < -0.3 is 20.3 Å². The molecule has 0 heterocycles. The van der Waals surface area contributed by atoms with Crippen LogP contribution >= 0.6 is 0 Å². The first-order chi connectivity index (χ1) is 40.5. The highest BCUT2D eigenvalue weighted by molar-refractivity contribution is 5.76. The third-order valence-electron chi connectivity index (χ3n) is 17.7. The molecule has 2 atom stereocenters. The molecular formula is C76H147NO5. The summed E-state index contributed by atoms with van der Waals surface area (Å²) in [5.41, 5.74) is 0. The second kappa shape index (κ2) is 71.8. The smallest absolute Gasteiger partial charge is 0.305 e. The number of amides is 1. The Hall–Kier alpha value is -1.66. The van der Waals surface area contributed by atoms with Gasteiger partial charge in [0.1, 0.15) is 0 Å². The number of hydrogen-bond donors (Lipinski definition) is 3. The first kappa shape index (κ1) is 80.3. The van der Waals surface area contributed by atoms with E-state index in [-0.39, 0.29) is 18.5 Å². The van der Waals surface area contributed by atoms with Gasteiger partial charge in [-0.05, 0) is 57.8 Å². The van der Waals surface area contributed by atoms with Gasteiger partial charge in [0.2, 0.25) is 5.91 Å². The zero-order valence-electron chi connectivity index (χ0n) is 55.8. The van der Waals surface area contributed by atoms with Crippen LogP contribution in [-0.4, -0.2) is 47.4 Å². The monoisotopic (exact) mass is 1150 g/mol. The Balaban J connectivity index is 3.38. The molecule has 0 aromatic carbocycles. The molecule has 0 saturated carbocycles. The second-order valence-electron chi connectivity index (χ2n) is 26.0. The van der Waals surface area contributed by atoms with E-state index in [0.717, 1.165) is 44.9 Å². The summed E-state index contributed by atoms with van der Waals surface area (Å²) in [4.78, 5) is 24.6. The lowest BCUT2D eigenvalue weighted by molar-refractivity contribution is -0.143. The van der Waals surface area contributed by atoms with Crippen LogP contribution in [0.1, 0.15) is 425 Å². The number of aliphatic hydroxyl groups excluding tert-OH is 2. The Morgan fingerprint density at radius 2 is 0.573 bits per heavy atom. The molecule has 6 heteroatoms. The van der Waals surface area contributed by atoms with E-state index in [1.807, 2.05) is 6.08 Å². The summed E-state index contributed by atoms with van der Waals surface area (Å²) in [6, 6.07) is -0.627. The summed E-state index contributed by atoms with van der Waals surface area (Å²) in [7, 11) is 0. The maximum Gasteiger partial charge on any atom is 0.305 e. The third kappa shape index (κ3) is 67.5. The average molecular weight is 1160 g/mol. The first-order valence-corrected chi connectivity index (χ1v) is 37.6. The molecule has 0 bridgehead atoms. The Morgan fingerprint density at radius 3 is 0.878 bits per heavy atom. The van der Waals surface area contributed by atoms with Gasteiger partial charge in [-0.1, -0.05) is 378 Å². The van der Waals surface area contributed by atoms with Crippen LogP contribution in [0.3, 0.4) is 0 Å². The molecule has 6 nitrogen and oxygen atoms in total. The van der Waals surface area contributed by atoms with Crippen LogP contribution in [-0.2, 0) is 14.3 Å². The molecule has 2 unspecified atom stereocenters. The highest BCUT2D eigenvalue weighted by Crippen LogP contribution is 2.19. The third-order valence-corrected chi connectivity index (χ3v) is 17.7. The van der Waals surface area contributed by atoms with Crippen molar-refractivity contribution in [3.8, 4) is 0 Å². The topological polar surface area (TPSA) is 95.9 Å². The summed E-state index contributed by atoms with van der Waals surface area (Å²) in [6.07, 6.45) is 91.4. The average Bonchev–Trinajstić information content (AvgIpc) is 3.48. The molecule has 0 rings (SSSR count). The lowest BCUT2D eigenvalue weighted by Crippen LogP contribution is -2.45. The van der Waals surface area contributed by atoms with Gasteiger partial charge in [0.25, 0.3) is 0 Å².